The molecule has 2 rings (SSSR count). The number of aliphatic carboxylic acids is 1. The number of allylic oxidation sites excluding steroid dienone is 3. The van der Waals surface area contributed by atoms with Crippen molar-refractivity contribution in [3.8, 4) is 11.3 Å². The summed E-state index contributed by atoms with van der Waals surface area (Å²) in [6.45, 7) is 9.72. The van der Waals surface area contributed by atoms with Crippen LogP contribution >= 0.6 is 11.6 Å². The Labute approximate surface area is 171 Å². The average Bonchev–Trinajstić information content (AvgIpc) is 2.64. The number of pyridine rings is 1. The molecule has 5 heteroatoms. The summed E-state index contributed by atoms with van der Waals surface area (Å²) in [5.41, 5.74) is 6.33. The van der Waals surface area contributed by atoms with Crippen LogP contribution in [0.2, 0.25) is 5.02 Å². The molecule has 0 aliphatic rings. The molecule has 0 saturated carbocycles. The first-order valence-electron chi connectivity index (χ1n) is 9.09. The molecule has 0 unspecified atom stereocenters. The third kappa shape index (κ3) is 5.83. The highest BCUT2D eigenvalue weighted by Crippen LogP contribution is 2.29. The highest BCUT2D eigenvalue weighted by molar-refractivity contribution is 6.30. The van der Waals surface area contributed by atoms with Gasteiger partial charge in [0, 0.05) is 27.7 Å². The van der Waals surface area contributed by atoms with Crippen molar-refractivity contribution in [2.75, 3.05) is 5.32 Å². The molecule has 1 heterocycles. The van der Waals surface area contributed by atoms with Gasteiger partial charge in [-0.1, -0.05) is 48.9 Å². The maximum absolute atomic E-state index is 10.8. The second-order valence-electron chi connectivity index (χ2n) is 6.52. The van der Waals surface area contributed by atoms with E-state index in [-0.39, 0.29) is 6.42 Å². The second kappa shape index (κ2) is 9.90. The van der Waals surface area contributed by atoms with Gasteiger partial charge in [-0.05, 0) is 56.2 Å². The van der Waals surface area contributed by atoms with Gasteiger partial charge in [0.2, 0.25) is 0 Å². The first kappa shape index (κ1) is 21.5. The van der Waals surface area contributed by atoms with E-state index in [0.717, 1.165) is 45.9 Å². The van der Waals surface area contributed by atoms with E-state index >= 15 is 0 Å². The van der Waals surface area contributed by atoms with Crippen molar-refractivity contribution in [2.45, 2.75) is 33.6 Å². The monoisotopic (exact) mass is 396 g/mol. The summed E-state index contributed by atoms with van der Waals surface area (Å²) >= 11 is 6.13. The SMILES string of the molecule is C=C/C(=C\C=C(/C)CC(=O)O)Nc1cc(-c2cccc(Cl)c2)nc(C)c1CC. The number of aromatic nitrogens is 1. The van der Waals surface area contributed by atoms with Gasteiger partial charge in [-0.2, -0.15) is 0 Å². The van der Waals surface area contributed by atoms with Crippen LogP contribution in [-0.4, -0.2) is 16.1 Å². The van der Waals surface area contributed by atoms with E-state index in [1.165, 1.54) is 0 Å². The third-order valence-electron chi connectivity index (χ3n) is 4.28. The van der Waals surface area contributed by atoms with E-state index in [1.54, 1.807) is 19.1 Å². The molecular weight excluding hydrogens is 372 g/mol. The fourth-order valence-corrected chi connectivity index (χ4v) is 3.09. The van der Waals surface area contributed by atoms with Crippen LogP contribution in [0.15, 0.2) is 66.4 Å². The number of carboxylic acids is 1. The molecule has 28 heavy (non-hydrogen) atoms. The number of nitrogens with one attached hydrogen (secondary N) is 1. The van der Waals surface area contributed by atoms with Gasteiger partial charge in [-0.15, -0.1) is 0 Å². The van der Waals surface area contributed by atoms with Gasteiger partial charge in [0.15, 0.2) is 0 Å². The van der Waals surface area contributed by atoms with E-state index in [9.17, 15) is 4.79 Å². The number of benzene rings is 1. The first-order chi connectivity index (χ1) is 13.3. The first-order valence-corrected chi connectivity index (χ1v) is 9.47. The van der Waals surface area contributed by atoms with Crippen LogP contribution in [0.25, 0.3) is 11.3 Å². The standard InChI is InChI=1S/C23H25ClN2O2/c1-5-19(11-10-15(3)12-23(27)28)26-22-14-21(25-16(4)20(22)6-2)17-8-7-9-18(24)13-17/h5,7-11,13-14H,1,6,12H2,2-4H3,(H,25,26)(H,27,28)/b15-10+,19-11+. The Morgan fingerprint density at radius 2 is 2.07 bits per heavy atom. The summed E-state index contributed by atoms with van der Waals surface area (Å²) in [5, 5.41) is 12.9. The zero-order valence-electron chi connectivity index (χ0n) is 16.4. The van der Waals surface area contributed by atoms with Crippen molar-refractivity contribution in [2.24, 2.45) is 0 Å². The average molecular weight is 397 g/mol. The Hall–Kier alpha value is -2.85. The van der Waals surface area contributed by atoms with Crippen LogP contribution in [0.5, 0.6) is 0 Å². The molecule has 2 aromatic rings. The Bertz CT molecular complexity index is 946. The third-order valence-corrected chi connectivity index (χ3v) is 4.52. The molecule has 146 valence electrons. The van der Waals surface area contributed by atoms with Gasteiger partial charge < -0.3 is 10.4 Å². The molecule has 0 fully saturated rings. The van der Waals surface area contributed by atoms with Crippen molar-refractivity contribution in [3.63, 3.8) is 0 Å². The predicted molar refractivity (Wildman–Crippen MR) is 117 cm³/mol. The number of halogens is 1. The Balaban J connectivity index is 2.42. The van der Waals surface area contributed by atoms with Crippen LogP contribution < -0.4 is 5.32 Å². The number of rotatable bonds is 8. The van der Waals surface area contributed by atoms with Crippen molar-refractivity contribution >= 4 is 23.3 Å². The molecule has 1 aromatic heterocycles. The number of nitrogens with zero attached hydrogens (tertiary/aromatic N) is 1. The van der Waals surface area contributed by atoms with Gasteiger partial charge in [-0.25, -0.2) is 0 Å². The summed E-state index contributed by atoms with van der Waals surface area (Å²) < 4.78 is 0. The number of carbonyl (C=O) groups is 1. The number of hydrogen-bond acceptors (Lipinski definition) is 3. The molecule has 0 amide bonds. The van der Waals surface area contributed by atoms with Gasteiger partial charge in [-0.3, -0.25) is 9.78 Å². The normalized spacial score (nSPS) is 12.0. The minimum absolute atomic E-state index is 0.00835. The Kier molecular flexibility index (Phi) is 7.59. The predicted octanol–water partition coefficient (Wildman–Crippen LogP) is 6.18. The van der Waals surface area contributed by atoms with Crippen molar-refractivity contribution in [3.05, 3.63) is 82.7 Å². The molecule has 0 aliphatic carbocycles. The molecule has 2 N–H and O–H groups in total. The molecule has 0 saturated heterocycles. The Morgan fingerprint density at radius 1 is 1.32 bits per heavy atom. The molecule has 1 aromatic carbocycles. The lowest BCUT2D eigenvalue weighted by Crippen LogP contribution is -2.04. The summed E-state index contributed by atoms with van der Waals surface area (Å²) in [7, 11) is 0. The van der Waals surface area contributed by atoms with Gasteiger partial charge in [0.1, 0.15) is 0 Å². The number of anilines is 1. The lowest BCUT2D eigenvalue weighted by atomic mass is 10.0. The van der Waals surface area contributed by atoms with Crippen LogP contribution in [-0.2, 0) is 11.2 Å². The van der Waals surface area contributed by atoms with Crippen LogP contribution in [0, 0.1) is 6.92 Å². The summed E-state index contributed by atoms with van der Waals surface area (Å²) in [4.78, 5) is 15.6. The highest BCUT2D eigenvalue weighted by atomic mass is 35.5. The van der Waals surface area contributed by atoms with Crippen molar-refractivity contribution < 1.29 is 9.90 Å². The summed E-state index contributed by atoms with van der Waals surface area (Å²) in [6.07, 6.45) is 6.16. The molecule has 0 aliphatic heterocycles. The van der Waals surface area contributed by atoms with E-state index in [4.69, 9.17) is 21.7 Å². The highest BCUT2D eigenvalue weighted by Gasteiger charge is 2.11. The second-order valence-corrected chi connectivity index (χ2v) is 6.95. The maximum Gasteiger partial charge on any atom is 0.307 e. The zero-order valence-corrected chi connectivity index (χ0v) is 17.2. The van der Waals surface area contributed by atoms with Gasteiger partial charge in [0.05, 0.1) is 12.1 Å². The number of carboxylic acid groups (broad SMARTS) is 1. The molecule has 0 radical (unpaired) electrons. The number of aryl methyl sites for hydroxylation is 1. The van der Waals surface area contributed by atoms with Crippen molar-refractivity contribution in [1.82, 2.24) is 4.98 Å². The van der Waals surface area contributed by atoms with E-state index in [1.807, 2.05) is 43.3 Å². The fraction of sp³-hybridized carbons (Fsp3) is 0.217. The molecule has 0 bridgehead atoms. The van der Waals surface area contributed by atoms with E-state index in [2.05, 4.69) is 18.8 Å². The largest absolute Gasteiger partial charge is 0.481 e. The van der Waals surface area contributed by atoms with Crippen LogP contribution in [0.1, 0.15) is 31.5 Å². The number of hydrogen-bond donors (Lipinski definition) is 2. The lowest BCUT2D eigenvalue weighted by molar-refractivity contribution is -0.136. The molecule has 0 spiro atoms. The Morgan fingerprint density at radius 3 is 2.68 bits per heavy atom. The topological polar surface area (TPSA) is 62.2 Å². The fourth-order valence-electron chi connectivity index (χ4n) is 2.90. The quantitative estimate of drug-likeness (QED) is 0.523. The summed E-state index contributed by atoms with van der Waals surface area (Å²) in [6, 6.07) is 9.61. The van der Waals surface area contributed by atoms with Gasteiger partial charge >= 0.3 is 5.97 Å². The van der Waals surface area contributed by atoms with Crippen molar-refractivity contribution in [1.29, 1.82) is 0 Å². The van der Waals surface area contributed by atoms with Crippen LogP contribution in [0.4, 0.5) is 5.69 Å². The lowest BCUT2D eigenvalue weighted by Gasteiger charge is -2.16. The molecule has 0 atom stereocenters. The minimum Gasteiger partial charge on any atom is -0.481 e. The summed E-state index contributed by atoms with van der Waals surface area (Å²) in [5.74, 6) is -0.848. The smallest absolute Gasteiger partial charge is 0.307 e. The molecular formula is C23H25ClN2O2. The van der Waals surface area contributed by atoms with E-state index in [0.29, 0.717) is 5.02 Å². The van der Waals surface area contributed by atoms with E-state index < -0.39 is 5.97 Å². The molecule has 4 nitrogen and oxygen atoms in total. The van der Waals surface area contributed by atoms with Crippen LogP contribution in [0.3, 0.4) is 0 Å². The zero-order chi connectivity index (χ0) is 20.7. The minimum atomic E-state index is -0.848. The van der Waals surface area contributed by atoms with Gasteiger partial charge in [0.25, 0.3) is 0 Å². The maximum atomic E-state index is 10.8.